The number of aryl methyl sites for hydroxylation is 1. The molecule has 0 heteroatoms. The van der Waals surface area contributed by atoms with Gasteiger partial charge in [0.2, 0.25) is 0 Å². The fourth-order valence-electron chi connectivity index (χ4n) is 2.50. The van der Waals surface area contributed by atoms with E-state index in [4.69, 9.17) is 0 Å². The summed E-state index contributed by atoms with van der Waals surface area (Å²) in [5.74, 6) is 1.72. The fraction of sp³-hybridized carbons (Fsp3) is 0.571. The molecule has 2 atom stereocenters. The first-order chi connectivity index (χ1) is 6.50. The normalized spacial score (nSPS) is 26.3. The van der Waals surface area contributed by atoms with E-state index in [0.717, 1.165) is 11.8 Å². The Balaban J connectivity index is 2.18. The second-order valence-electron chi connectivity index (χ2n) is 5.67. The molecule has 0 saturated heterocycles. The van der Waals surface area contributed by atoms with Crippen molar-refractivity contribution in [3.63, 3.8) is 0 Å². The molecule has 0 aromatic heterocycles. The molecule has 0 bridgehead atoms. The Bertz CT molecular complexity index is 330. The Kier molecular flexibility index (Phi) is 2.17. The van der Waals surface area contributed by atoms with Crippen LogP contribution in [0.15, 0.2) is 24.3 Å². The van der Waals surface area contributed by atoms with Crippen LogP contribution in [-0.4, -0.2) is 0 Å². The number of benzene rings is 1. The first-order valence-electron chi connectivity index (χ1n) is 5.55. The quantitative estimate of drug-likeness (QED) is 0.621. The second-order valence-corrected chi connectivity index (χ2v) is 5.67. The van der Waals surface area contributed by atoms with Gasteiger partial charge in [-0.1, -0.05) is 45.0 Å². The zero-order valence-corrected chi connectivity index (χ0v) is 9.67. The van der Waals surface area contributed by atoms with Crippen molar-refractivity contribution in [3.8, 4) is 0 Å². The van der Waals surface area contributed by atoms with Crippen LogP contribution in [0, 0.1) is 18.3 Å². The minimum atomic E-state index is 0.479. The molecule has 0 radical (unpaired) electrons. The molecule has 1 fully saturated rings. The first-order valence-corrected chi connectivity index (χ1v) is 5.55. The summed E-state index contributed by atoms with van der Waals surface area (Å²) in [4.78, 5) is 0. The highest BCUT2D eigenvalue weighted by Gasteiger charge is 2.46. The van der Waals surface area contributed by atoms with Crippen molar-refractivity contribution in [1.82, 2.24) is 0 Å². The van der Waals surface area contributed by atoms with E-state index in [1.165, 1.54) is 12.0 Å². The lowest BCUT2D eigenvalue weighted by atomic mass is 9.87. The SMILES string of the molecule is Cc1ccccc1[C@@H]1C[C@H]1C(C)(C)C. The van der Waals surface area contributed by atoms with Gasteiger partial charge in [0, 0.05) is 0 Å². The van der Waals surface area contributed by atoms with Gasteiger partial charge in [-0.15, -0.1) is 0 Å². The van der Waals surface area contributed by atoms with Crippen molar-refractivity contribution in [2.24, 2.45) is 11.3 Å². The minimum absolute atomic E-state index is 0.479. The summed E-state index contributed by atoms with van der Waals surface area (Å²) in [6.45, 7) is 9.30. The molecule has 0 nitrogen and oxygen atoms in total. The van der Waals surface area contributed by atoms with Gasteiger partial charge in [-0.3, -0.25) is 0 Å². The average Bonchev–Trinajstić information content (AvgIpc) is 2.83. The second kappa shape index (κ2) is 3.12. The Morgan fingerprint density at radius 2 is 1.79 bits per heavy atom. The molecule has 14 heavy (non-hydrogen) atoms. The third kappa shape index (κ3) is 1.70. The van der Waals surface area contributed by atoms with E-state index in [0.29, 0.717) is 5.41 Å². The van der Waals surface area contributed by atoms with Crippen LogP contribution >= 0.6 is 0 Å². The highest BCUT2D eigenvalue weighted by molar-refractivity contribution is 5.34. The van der Waals surface area contributed by atoms with Crippen LogP contribution < -0.4 is 0 Å². The molecule has 1 aromatic carbocycles. The Morgan fingerprint density at radius 3 is 2.29 bits per heavy atom. The Hall–Kier alpha value is -0.780. The molecule has 76 valence electrons. The average molecular weight is 188 g/mol. The van der Waals surface area contributed by atoms with Crippen LogP contribution in [0.1, 0.15) is 44.2 Å². The van der Waals surface area contributed by atoms with Gasteiger partial charge in [0.05, 0.1) is 0 Å². The predicted octanol–water partition coefficient (Wildman–Crippen LogP) is 4.14. The molecular weight excluding hydrogens is 168 g/mol. The van der Waals surface area contributed by atoms with E-state index in [1.807, 2.05) is 0 Å². The maximum atomic E-state index is 2.36. The van der Waals surface area contributed by atoms with Crippen LogP contribution in [0.5, 0.6) is 0 Å². The molecule has 0 spiro atoms. The standard InChI is InChI=1S/C14H20/c1-10-7-5-6-8-11(10)12-9-13(12)14(2,3)4/h5-8,12-13H,9H2,1-4H3/t12-,13+/m0/s1. The lowest BCUT2D eigenvalue weighted by Crippen LogP contribution is -2.09. The molecule has 1 saturated carbocycles. The van der Waals surface area contributed by atoms with Gasteiger partial charge < -0.3 is 0 Å². The monoisotopic (exact) mass is 188 g/mol. The van der Waals surface area contributed by atoms with Gasteiger partial charge in [-0.2, -0.15) is 0 Å². The maximum absolute atomic E-state index is 2.36. The first kappa shape index (κ1) is 9.76. The number of hydrogen-bond acceptors (Lipinski definition) is 0. The highest BCUT2D eigenvalue weighted by Crippen LogP contribution is 2.57. The minimum Gasteiger partial charge on any atom is -0.0620 e. The molecule has 1 aromatic rings. The third-order valence-electron chi connectivity index (χ3n) is 3.49. The summed E-state index contributed by atoms with van der Waals surface area (Å²) in [6.07, 6.45) is 1.38. The van der Waals surface area contributed by atoms with Gasteiger partial charge in [0.1, 0.15) is 0 Å². The van der Waals surface area contributed by atoms with Crippen LogP contribution in [0.25, 0.3) is 0 Å². The summed E-state index contributed by atoms with van der Waals surface area (Å²) < 4.78 is 0. The summed E-state index contributed by atoms with van der Waals surface area (Å²) in [5, 5.41) is 0. The van der Waals surface area contributed by atoms with E-state index in [2.05, 4.69) is 52.0 Å². The molecular formula is C14H20. The smallest absolute Gasteiger partial charge is 0.0123 e. The van der Waals surface area contributed by atoms with Crippen LogP contribution in [0.3, 0.4) is 0 Å². The lowest BCUT2D eigenvalue weighted by molar-refractivity contribution is 0.343. The molecule has 0 heterocycles. The Labute approximate surface area is 87.3 Å². The van der Waals surface area contributed by atoms with Gasteiger partial charge in [-0.25, -0.2) is 0 Å². The van der Waals surface area contributed by atoms with E-state index >= 15 is 0 Å². The summed E-state index contributed by atoms with van der Waals surface area (Å²) in [5.41, 5.74) is 3.52. The van der Waals surface area contributed by atoms with Crippen LogP contribution in [-0.2, 0) is 0 Å². The van der Waals surface area contributed by atoms with Gasteiger partial charge in [0.15, 0.2) is 0 Å². The van der Waals surface area contributed by atoms with Crippen LogP contribution in [0.2, 0.25) is 0 Å². The summed E-state index contributed by atoms with van der Waals surface area (Å²) >= 11 is 0. The molecule has 0 unspecified atom stereocenters. The number of rotatable bonds is 1. The van der Waals surface area contributed by atoms with Gasteiger partial charge in [0.25, 0.3) is 0 Å². The molecule has 0 amide bonds. The molecule has 1 aliphatic rings. The van der Waals surface area contributed by atoms with Gasteiger partial charge >= 0.3 is 0 Å². The predicted molar refractivity (Wildman–Crippen MR) is 61.5 cm³/mol. The fourth-order valence-corrected chi connectivity index (χ4v) is 2.50. The molecule has 1 aliphatic carbocycles. The molecule has 2 rings (SSSR count). The third-order valence-corrected chi connectivity index (χ3v) is 3.49. The topological polar surface area (TPSA) is 0 Å². The molecule has 0 N–H and O–H groups in total. The van der Waals surface area contributed by atoms with E-state index in [-0.39, 0.29) is 0 Å². The summed E-state index contributed by atoms with van der Waals surface area (Å²) in [6, 6.07) is 8.83. The largest absolute Gasteiger partial charge is 0.0620 e. The van der Waals surface area contributed by atoms with Crippen molar-refractivity contribution in [2.45, 2.75) is 40.0 Å². The lowest BCUT2D eigenvalue weighted by Gasteiger charge is -2.18. The van der Waals surface area contributed by atoms with E-state index in [9.17, 15) is 0 Å². The summed E-state index contributed by atoms with van der Waals surface area (Å²) in [7, 11) is 0. The Morgan fingerprint density at radius 1 is 1.14 bits per heavy atom. The van der Waals surface area contributed by atoms with Gasteiger partial charge in [-0.05, 0) is 41.7 Å². The van der Waals surface area contributed by atoms with E-state index in [1.54, 1.807) is 5.56 Å². The maximum Gasteiger partial charge on any atom is -0.0123 e. The zero-order valence-electron chi connectivity index (χ0n) is 9.67. The zero-order chi connectivity index (χ0) is 10.3. The van der Waals surface area contributed by atoms with Crippen molar-refractivity contribution in [2.75, 3.05) is 0 Å². The number of hydrogen-bond donors (Lipinski definition) is 0. The van der Waals surface area contributed by atoms with Crippen LogP contribution in [0.4, 0.5) is 0 Å². The van der Waals surface area contributed by atoms with Crippen molar-refractivity contribution in [1.29, 1.82) is 0 Å². The van der Waals surface area contributed by atoms with E-state index < -0.39 is 0 Å². The molecule has 0 aliphatic heterocycles. The van der Waals surface area contributed by atoms with Crippen molar-refractivity contribution >= 4 is 0 Å². The highest BCUT2D eigenvalue weighted by atomic mass is 14.5. The van der Waals surface area contributed by atoms with Crippen molar-refractivity contribution < 1.29 is 0 Å². The van der Waals surface area contributed by atoms with Crippen molar-refractivity contribution in [3.05, 3.63) is 35.4 Å².